The first kappa shape index (κ1) is 12.2. The van der Waals surface area contributed by atoms with Crippen LogP contribution in [-0.2, 0) is 11.8 Å². The highest BCUT2D eigenvalue weighted by Crippen LogP contribution is 2.11. The van der Waals surface area contributed by atoms with Crippen LogP contribution in [0, 0.1) is 0 Å². The van der Waals surface area contributed by atoms with Crippen molar-refractivity contribution in [1.82, 2.24) is 15.1 Å². The molecule has 0 radical (unpaired) electrons. The lowest BCUT2D eigenvalue weighted by Gasteiger charge is -2.08. The molecule has 0 bridgehead atoms. The van der Waals surface area contributed by atoms with E-state index >= 15 is 0 Å². The summed E-state index contributed by atoms with van der Waals surface area (Å²) in [4.78, 5) is 11.7. The van der Waals surface area contributed by atoms with Gasteiger partial charge < -0.3 is 9.73 Å². The Morgan fingerprint density at radius 3 is 3.06 bits per heavy atom. The van der Waals surface area contributed by atoms with Gasteiger partial charge in [0.15, 0.2) is 0 Å². The van der Waals surface area contributed by atoms with Crippen LogP contribution in [0.2, 0.25) is 0 Å². The minimum Gasteiger partial charge on any atom is -0.467 e. The molecular formula is C13H15N3O2. The zero-order valence-electron chi connectivity index (χ0n) is 10.3. The summed E-state index contributed by atoms with van der Waals surface area (Å²) in [7, 11) is 1.83. The van der Waals surface area contributed by atoms with Crippen LogP contribution in [-0.4, -0.2) is 15.7 Å². The molecule has 0 spiro atoms. The van der Waals surface area contributed by atoms with Gasteiger partial charge in [-0.3, -0.25) is 9.48 Å². The monoisotopic (exact) mass is 245 g/mol. The van der Waals surface area contributed by atoms with Gasteiger partial charge in [0.25, 0.3) is 0 Å². The van der Waals surface area contributed by atoms with Crippen molar-refractivity contribution < 1.29 is 9.21 Å². The van der Waals surface area contributed by atoms with E-state index < -0.39 is 0 Å². The summed E-state index contributed by atoms with van der Waals surface area (Å²) in [6, 6.07) is 3.48. The Hall–Kier alpha value is -2.30. The van der Waals surface area contributed by atoms with Crippen LogP contribution in [0.4, 0.5) is 0 Å². The van der Waals surface area contributed by atoms with Crippen LogP contribution in [0.5, 0.6) is 0 Å². The molecule has 0 aliphatic heterocycles. The van der Waals surface area contributed by atoms with E-state index in [0.717, 1.165) is 11.3 Å². The molecule has 0 saturated heterocycles. The fraction of sp³-hybridized carbons (Fsp3) is 0.231. The number of rotatable bonds is 4. The van der Waals surface area contributed by atoms with Crippen molar-refractivity contribution >= 4 is 12.0 Å². The molecule has 2 rings (SSSR count). The van der Waals surface area contributed by atoms with Crippen molar-refractivity contribution in [3.8, 4) is 0 Å². The molecule has 0 saturated carbocycles. The molecule has 0 aromatic carbocycles. The quantitative estimate of drug-likeness (QED) is 0.837. The normalized spacial score (nSPS) is 12.8. The zero-order chi connectivity index (χ0) is 13.0. The summed E-state index contributed by atoms with van der Waals surface area (Å²) in [6.45, 7) is 1.87. The standard InChI is InChI=1S/C13H15N3O2/c1-10(12-4-3-7-18-12)15-13(17)6-5-11-8-14-16(2)9-11/h3-10H,1-2H3,(H,15,17)/b6-5+/t10-/m1/s1. The predicted molar refractivity (Wildman–Crippen MR) is 67.5 cm³/mol. The number of furan rings is 1. The van der Waals surface area contributed by atoms with Crippen molar-refractivity contribution in [2.75, 3.05) is 0 Å². The Kier molecular flexibility index (Phi) is 3.62. The molecule has 0 aliphatic carbocycles. The average Bonchev–Trinajstić information content (AvgIpc) is 2.97. The number of carbonyl (C=O) groups is 1. The first-order valence-corrected chi connectivity index (χ1v) is 5.66. The van der Waals surface area contributed by atoms with Crippen molar-refractivity contribution in [3.63, 3.8) is 0 Å². The van der Waals surface area contributed by atoms with Crippen LogP contribution in [0.25, 0.3) is 6.08 Å². The molecule has 2 aromatic heterocycles. The molecule has 1 N–H and O–H groups in total. The van der Waals surface area contributed by atoms with Crippen LogP contribution >= 0.6 is 0 Å². The molecular weight excluding hydrogens is 230 g/mol. The highest BCUT2D eigenvalue weighted by atomic mass is 16.3. The average molecular weight is 245 g/mol. The highest BCUT2D eigenvalue weighted by molar-refractivity contribution is 5.91. The number of nitrogens with zero attached hydrogens (tertiary/aromatic N) is 2. The van der Waals surface area contributed by atoms with E-state index in [1.165, 1.54) is 6.08 Å². The molecule has 5 heteroatoms. The van der Waals surface area contributed by atoms with Crippen LogP contribution in [0.15, 0.2) is 41.3 Å². The maximum Gasteiger partial charge on any atom is 0.244 e. The van der Waals surface area contributed by atoms with E-state index in [2.05, 4.69) is 10.4 Å². The summed E-state index contributed by atoms with van der Waals surface area (Å²) in [5.41, 5.74) is 0.887. The Morgan fingerprint density at radius 1 is 1.61 bits per heavy atom. The minimum atomic E-state index is -0.164. The second-order valence-corrected chi connectivity index (χ2v) is 4.03. The van der Waals surface area contributed by atoms with Gasteiger partial charge in [0.05, 0.1) is 18.5 Å². The second kappa shape index (κ2) is 5.35. The van der Waals surface area contributed by atoms with Gasteiger partial charge in [-0.1, -0.05) is 0 Å². The zero-order valence-corrected chi connectivity index (χ0v) is 10.3. The number of nitrogens with one attached hydrogen (secondary N) is 1. The van der Waals surface area contributed by atoms with Crippen molar-refractivity contribution in [2.24, 2.45) is 7.05 Å². The topological polar surface area (TPSA) is 60.1 Å². The van der Waals surface area contributed by atoms with Gasteiger partial charge in [0.2, 0.25) is 5.91 Å². The Balaban J connectivity index is 1.91. The first-order valence-electron chi connectivity index (χ1n) is 5.66. The molecule has 2 heterocycles. The number of hydrogen-bond donors (Lipinski definition) is 1. The number of amides is 1. The molecule has 0 unspecified atom stereocenters. The molecule has 2 aromatic rings. The van der Waals surface area contributed by atoms with Gasteiger partial charge in [0.1, 0.15) is 5.76 Å². The van der Waals surface area contributed by atoms with E-state index in [-0.39, 0.29) is 11.9 Å². The van der Waals surface area contributed by atoms with Crippen molar-refractivity contribution in [1.29, 1.82) is 0 Å². The summed E-state index contributed by atoms with van der Waals surface area (Å²) >= 11 is 0. The van der Waals surface area contributed by atoms with Gasteiger partial charge in [-0.2, -0.15) is 5.10 Å². The van der Waals surface area contributed by atoms with Gasteiger partial charge in [0, 0.05) is 24.9 Å². The van der Waals surface area contributed by atoms with E-state index in [9.17, 15) is 4.79 Å². The largest absolute Gasteiger partial charge is 0.467 e. The molecule has 1 amide bonds. The summed E-state index contributed by atoms with van der Waals surface area (Å²) in [5.74, 6) is 0.570. The van der Waals surface area contributed by atoms with E-state index in [1.807, 2.05) is 26.2 Å². The van der Waals surface area contributed by atoms with Crippen molar-refractivity contribution in [3.05, 3.63) is 48.2 Å². The summed E-state index contributed by atoms with van der Waals surface area (Å²) in [6.07, 6.45) is 8.32. The lowest BCUT2D eigenvalue weighted by atomic mass is 10.2. The number of carbonyl (C=O) groups excluding carboxylic acids is 1. The molecule has 0 aliphatic rings. The Bertz CT molecular complexity index is 540. The van der Waals surface area contributed by atoms with Gasteiger partial charge >= 0.3 is 0 Å². The van der Waals surface area contributed by atoms with Gasteiger partial charge in [-0.05, 0) is 25.1 Å². The summed E-state index contributed by atoms with van der Waals surface area (Å²) < 4.78 is 6.89. The number of aryl methyl sites for hydroxylation is 1. The molecule has 18 heavy (non-hydrogen) atoms. The lowest BCUT2D eigenvalue weighted by molar-refractivity contribution is -0.117. The molecule has 5 nitrogen and oxygen atoms in total. The van der Waals surface area contributed by atoms with E-state index in [1.54, 1.807) is 29.3 Å². The maximum atomic E-state index is 11.7. The maximum absolute atomic E-state index is 11.7. The van der Waals surface area contributed by atoms with E-state index in [0.29, 0.717) is 0 Å². The number of hydrogen-bond acceptors (Lipinski definition) is 3. The van der Waals surface area contributed by atoms with Crippen LogP contribution in [0.1, 0.15) is 24.3 Å². The summed E-state index contributed by atoms with van der Waals surface area (Å²) in [5, 5.41) is 6.83. The molecule has 0 fully saturated rings. The Labute approximate surface area is 105 Å². The fourth-order valence-corrected chi connectivity index (χ4v) is 1.57. The predicted octanol–water partition coefficient (Wildman–Crippen LogP) is 1.90. The molecule has 94 valence electrons. The lowest BCUT2D eigenvalue weighted by Crippen LogP contribution is -2.24. The third-order valence-electron chi connectivity index (χ3n) is 2.48. The van der Waals surface area contributed by atoms with Crippen LogP contribution < -0.4 is 5.32 Å². The SMILES string of the molecule is C[C@@H](NC(=O)/C=C/c1cnn(C)c1)c1ccco1. The Morgan fingerprint density at radius 2 is 2.44 bits per heavy atom. The smallest absolute Gasteiger partial charge is 0.244 e. The van der Waals surface area contributed by atoms with Gasteiger partial charge in [-0.25, -0.2) is 0 Å². The molecule has 1 atom stereocenters. The van der Waals surface area contributed by atoms with Gasteiger partial charge in [-0.15, -0.1) is 0 Å². The van der Waals surface area contributed by atoms with Crippen LogP contribution in [0.3, 0.4) is 0 Å². The van der Waals surface area contributed by atoms with Crippen molar-refractivity contribution in [2.45, 2.75) is 13.0 Å². The second-order valence-electron chi connectivity index (χ2n) is 4.03. The fourth-order valence-electron chi connectivity index (χ4n) is 1.57. The number of aromatic nitrogens is 2. The first-order chi connectivity index (χ1) is 8.65. The highest BCUT2D eigenvalue weighted by Gasteiger charge is 2.09. The van der Waals surface area contributed by atoms with E-state index in [4.69, 9.17) is 4.42 Å². The minimum absolute atomic E-state index is 0.147. The third kappa shape index (κ3) is 3.10. The third-order valence-corrected chi connectivity index (χ3v) is 2.48.